The molecule has 0 amide bonds. The molecule has 0 aliphatic carbocycles. The second-order valence-electron chi connectivity index (χ2n) is 4.19. The second kappa shape index (κ2) is 4.67. The Kier molecular flexibility index (Phi) is 3.26. The first-order valence-electron chi connectivity index (χ1n) is 5.51. The van der Waals surface area contributed by atoms with E-state index < -0.39 is 0 Å². The Balaban J connectivity index is 2.20. The van der Waals surface area contributed by atoms with Gasteiger partial charge in [-0.3, -0.25) is 0 Å². The van der Waals surface area contributed by atoms with Gasteiger partial charge in [0.1, 0.15) is 5.82 Å². The Bertz CT molecular complexity index is 358. The van der Waals surface area contributed by atoms with Crippen LogP contribution in [-0.2, 0) is 4.74 Å². The van der Waals surface area contributed by atoms with E-state index in [9.17, 15) is 0 Å². The molecular weight excluding hydrogens is 204 g/mol. The molecule has 88 valence electrons. The summed E-state index contributed by atoms with van der Waals surface area (Å²) in [7, 11) is 0. The van der Waals surface area contributed by atoms with Crippen molar-refractivity contribution in [3.05, 3.63) is 18.3 Å². The standard InChI is InChI=1S/C11H18N4O/c1-8-7-16-9(2)6-15(8)10-3-4-13-11(5-10)14-12/h3-5,8-9H,6-7,12H2,1-2H3,(H,13,14). The first-order chi connectivity index (χ1) is 7.70. The van der Waals surface area contributed by atoms with Crippen molar-refractivity contribution in [3.8, 4) is 0 Å². The van der Waals surface area contributed by atoms with Crippen LogP contribution >= 0.6 is 0 Å². The quantitative estimate of drug-likeness (QED) is 0.577. The average molecular weight is 222 g/mol. The number of nitrogens with zero attached hydrogens (tertiary/aromatic N) is 2. The molecule has 0 spiro atoms. The Hall–Kier alpha value is -1.33. The molecule has 2 heterocycles. The number of ether oxygens (including phenoxy) is 1. The maximum Gasteiger partial charge on any atom is 0.141 e. The van der Waals surface area contributed by atoms with Crippen LogP contribution in [0.25, 0.3) is 0 Å². The van der Waals surface area contributed by atoms with Crippen LogP contribution in [0, 0.1) is 0 Å². The molecular formula is C11H18N4O. The Morgan fingerprint density at radius 1 is 1.56 bits per heavy atom. The molecule has 0 saturated carbocycles. The fraction of sp³-hybridized carbons (Fsp3) is 0.545. The minimum atomic E-state index is 0.263. The maximum atomic E-state index is 5.60. The van der Waals surface area contributed by atoms with E-state index in [0.29, 0.717) is 11.9 Å². The van der Waals surface area contributed by atoms with Crippen molar-refractivity contribution in [2.75, 3.05) is 23.5 Å². The van der Waals surface area contributed by atoms with Crippen LogP contribution in [0.3, 0.4) is 0 Å². The highest BCUT2D eigenvalue weighted by atomic mass is 16.5. The van der Waals surface area contributed by atoms with Crippen LogP contribution < -0.4 is 16.2 Å². The number of hydrogen-bond acceptors (Lipinski definition) is 5. The zero-order valence-electron chi connectivity index (χ0n) is 9.68. The molecule has 2 rings (SSSR count). The lowest BCUT2D eigenvalue weighted by Gasteiger charge is -2.38. The second-order valence-corrected chi connectivity index (χ2v) is 4.19. The molecule has 1 fully saturated rings. The van der Waals surface area contributed by atoms with Gasteiger partial charge < -0.3 is 15.1 Å². The van der Waals surface area contributed by atoms with Crippen molar-refractivity contribution in [2.45, 2.75) is 26.0 Å². The zero-order chi connectivity index (χ0) is 11.5. The highest BCUT2D eigenvalue weighted by molar-refractivity contribution is 5.54. The van der Waals surface area contributed by atoms with E-state index in [1.54, 1.807) is 6.20 Å². The highest BCUT2D eigenvalue weighted by Crippen LogP contribution is 2.22. The largest absolute Gasteiger partial charge is 0.375 e. The van der Waals surface area contributed by atoms with Gasteiger partial charge in [-0.15, -0.1) is 0 Å². The monoisotopic (exact) mass is 222 g/mol. The molecule has 1 aromatic rings. The molecule has 5 nitrogen and oxygen atoms in total. The normalized spacial score (nSPS) is 25.6. The first kappa shape index (κ1) is 11.2. The van der Waals surface area contributed by atoms with Gasteiger partial charge in [0.15, 0.2) is 0 Å². The van der Waals surface area contributed by atoms with Gasteiger partial charge in [-0.1, -0.05) is 0 Å². The average Bonchev–Trinajstić information content (AvgIpc) is 2.32. The van der Waals surface area contributed by atoms with E-state index in [1.807, 2.05) is 12.1 Å². The molecule has 0 radical (unpaired) electrons. The predicted octanol–water partition coefficient (Wildman–Crippen LogP) is 0.981. The number of nitrogens with two attached hydrogens (primary N) is 1. The number of aromatic nitrogens is 1. The number of anilines is 2. The van der Waals surface area contributed by atoms with Crippen LogP contribution in [0.5, 0.6) is 0 Å². The van der Waals surface area contributed by atoms with Gasteiger partial charge in [0.2, 0.25) is 0 Å². The summed E-state index contributed by atoms with van der Waals surface area (Å²) >= 11 is 0. The maximum absolute atomic E-state index is 5.60. The number of nitrogen functional groups attached to an aromatic ring is 1. The van der Waals surface area contributed by atoms with Crippen molar-refractivity contribution in [1.29, 1.82) is 0 Å². The summed E-state index contributed by atoms with van der Waals surface area (Å²) in [5, 5.41) is 0. The molecule has 16 heavy (non-hydrogen) atoms. The predicted molar refractivity (Wildman–Crippen MR) is 64.3 cm³/mol. The topological polar surface area (TPSA) is 63.4 Å². The third kappa shape index (κ3) is 2.25. The van der Waals surface area contributed by atoms with Crippen molar-refractivity contribution >= 4 is 11.5 Å². The zero-order valence-corrected chi connectivity index (χ0v) is 9.68. The van der Waals surface area contributed by atoms with E-state index >= 15 is 0 Å². The van der Waals surface area contributed by atoms with Gasteiger partial charge in [0.05, 0.1) is 12.7 Å². The molecule has 3 N–H and O–H groups in total. The number of hydrogen-bond donors (Lipinski definition) is 2. The summed E-state index contributed by atoms with van der Waals surface area (Å²) in [5.41, 5.74) is 3.69. The number of pyridine rings is 1. The van der Waals surface area contributed by atoms with Gasteiger partial charge in [-0.2, -0.15) is 0 Å². The third-order valence-electron chi connectivity index (χ3n) is 2.83. The first-order valence-corrected chi connectivity index (χ1v) is 5.51. The summed E-state index contributed by atoms with van der Waals surface area (Å²) in [6.07, 6.45) is 2.02. The summed E-state index contributed by atoms with van der Waals surface area (Å²) < 4.78 is 5.60. The summed E-state index contributed by atoms with van der Waals surface area (Å²) in [6.45, 7) is 5.90. The minimum Gasteiger partial charge on any atom is -0.375 e. The highest BCUT2D eigenvalue weighted by Gasteiger charge is 2.23. The number of hydrazine groups is 1. The summed E-state index contributed by atoms with van der Waals surface area (Å²) in [5.74, 6) is 6.04. The van der Waals surface area contributed by atoms with E-state index in [-0.39, 0.29) is 6.10 Å². The van der Waals surface area contributed by atoms with Crippen molar-refractivity contribution in [1.82, 2.24) is 4.98 Å². The van der Waals surface area contributed by atoms with Crippen LogP contribution in [0.15, 0.2) is 18.3 Å². The van der Waals surface area contributed by atoms with Gasteiger partial charge in [0, 0.05) is 30.5 Å². The Labute approximate surface area is 95.6 Å². The third-order valence-corrected chi connectivity index (χ3v) is 2.83. The van der Waals surface area contributed by atoms with Gasteiger partial charge in [-0.05, 0) is 19.9 Å². The minimum absolute atomic E-state index is 0.263. The van der Waals surface area contributed by atoms with E-state index in [4.69, 9.17) is 10.6 Å². The smallest absolute Gasteiger partial charge is 0.141 e. The van der Waals surface area contributed by atoms with Crippen molar-refractivity contribution in [3.63, 3.8) is 0 Å². The molecule has 2 atom stereocenters. The molecule has 1 aliphatic heterocycles. The summed E-state index contributed by atoms with van der Waals surface area (Å²) in [6, 6.07) is 4.33. The SMILES string of the molecule is CC1CN(c2ccnc(NN)c2)C(C)CO1. The molecule has 5 heteroatoms. The number of rotatable bonds is 2. The van der Waals surface area contributed by atoms with Crippen LogP contribution in [-0.4, -0.2) is 30.3 Å². The molecule has 2 unspecified atom stereocenters. The van der Waals surface area contributed by atoms with E-state index in [2.05, 4.69) is 29.2 Å². The fourth-order valence-electron chi connectivity index (χ4n) is 1.94. The number of morpholine rings is 1. The van der Waals surface area contributed by atoms with Crippen LogP contribution in [0.1, 0.15) is 13.8 Å². The molecule has 1 aliphatic rings. The fourth-order valence-corrected chi connectivity index (χ4v) is 1.94. The Morgan fingerprint density at radius 2 is 2.38 bits per heavy atom. The van der Waals surface area contributed by atoms with E-state index in [0.717, 1.165) is 18.8 Å². The van der Waals surface area contributed by atoms with Gasteiger partial charge in [0.25, 0.3) is 0 Å². The van der Waals surface area contributed by atoms with Crippen molar-refractivity contribution < 1.29 is 4.74 Å². The number of nitrogens with one attached hydrogen (secondary N) is 1. The van der Waals surface area contributed by atoms with Crippen LogP contribution in [0.4, 0.5) is 11.5 Å². The Morgan fingerprint density at radius 3 is 3.12 bits per heavy atom. The van der Waals surface area contributed by atoms with Gasteiger partial charge in [-0.25, -0.2) is 10.8 Å². The summed E-state index contributed by atoms with van der Waals surface area (Å²) in [4.78, 5) is 6.42. The molecule has 0 bridgehead atoms. The lowest BCUT2D eigenvalue weighted by Crippen LogP contribution is -2.47. The lowest BCUT2D eigenvalue weighted by molar-refractivity contribution is 0.0344. The van der Waals surface area contributed by atoms with Crippen molar-refractivity contribution in [2.24, 2.45) is 5.84 Å². The molecule has 1 aromatic heterocycles. The molecule has 0 aromatic carbocycles. The van der Waals surface area contributed by atoms with E-state index in [1.165, 1.54) is 0 Å². The van der Waals surface area contributed by atoms with Gasteiger partial charge >= 0.3 is 0 Å². The van der Waals surface area contributed by atoms with Crippen LogP contribution in [0.2, 0.25) is 0 Å². The molecule has 1 saturated heterocycles. The lowest BCUT2D eigenvalue weighted by atomic mass is 10.2.